The molecule has 3 atom stereocenters. The first kappa shape index (κ1) is 9.81. The summed E-state index contributed by atoms with van der Waals surface area (Å²) in [5, 5.41) is 0. The van der Waals surface area contributed by atoms with Gasteiger partial charge in [-0.3, -0.25) is 4.90 Å². The summed E-state index contributed by atoms with van der Waals surface area (Å²) in [6.45, 7) is 5.40. The van der Waals surface area contributed by atoms with Crippen molar-refractivity contribution in [2.45, 2.75) is 31.8 Å². The number of rotatable bonds is 3. The summed E-state index contributed by atoms with van der Waals surface area (Å²) >= 11 is 4.34. The fraction of sp³-hybridized carbons (Fsp3) is 1.00. The van der Waals surface area contributed by atoms with Crippen molar-refractivity contribution in [1.82, 2.24) is 4.90 Å². The summed E-state index contributed by atoms with van der Waals surface area (Å²) in [5.41, 5.74) is 0. The fourth-order valence-electron chi connectivity index (χ4n) is 2.43. The second-order valence-electron chi connectivity index (χ2n) is 4.41. The summed E-state index contributed by atoms with van der Waals surface area (Å²) in [4.78, 5) is 2.64. The van der Waals surface area contributed by atoms with Crippen molar-refractivity contribution >= 4 is 12.6 Å². The van der Waals surface area contributed by atoms with Crippen LogP contribution >= 0.6 is 12.6 Å². The maximum atomic E-state index is 5.54. The van der Waals surface area contributed by atoms with E-state index in [-0.39, 0.29) is 0 Å². The predicted octanol–water partition coefficient (Wildman–Crippen LogP) is 1.42. The number of morpholine rings is 1. The first-order chi connectivity index (χ1) is 6.31. The molecule has 2 aliphatic rings. The molecule has 0 aromatic carbocycles. The van der Waals surface area contributed by atoms with Crippen LogP contribution in [0.2, 0.25) is 0 Å². The minimum absolute atomic E-state index is 0.709. The molecule has 2 nitrogen and oxygen atoms in total. The van der Waals surface area contributed by atoms with Gasteiger partial charge in [-0.2, -0.15) is 12.6 Å². The van der Waals surface area contributed by atoms with Crippen LogP contribution in [0.25, 0.3) is 0 Å². The molecule has 0 aromatic rings. The van der Waals surface area contributed by atoms with Gasteiger partial charge in [0.15, 0.2) is 0 Å². The quantitative estimate of drug-likeness (QED) is 0.693. The standard InChI is InChI=1S/C10H19NOS/c1-8(7-13)4-11-9-2-3-10(11)6-12-5-9/h8-10,13H,2-7H2,1H3. The minimum atomic E-state index is 0.709. The summed E-state index contributed by atoms with van der Waals surface area (Å²) in [5.74, 6) is 1.71. The monoisotopic (exact) mass is 201 g/mol. The predicted molar refractivity (Wildman–Crippen MR) is 57.4 cm³/mol. The Morgan fingerprint density at radius 3 is 2.54 bits per heavy atom. The molecule has 0 N–H and O–H groups in total. The molecule has 2 aliphatic heterocycles. The Morgan fingerprint density at radius 1 is 1.38 bits per heavy atom. The van der Waals surface area contributed by atoms with Crippen LogP contribution in [0, 0.1) is 5.92 Å². The highest BCUT2D eigenvalue weighted by Gasteiger charge is 2.37. The molecular weight excluding hydrogens is 182 g/mol. The number of thiol groups is 1. The van der Waals surface area contributed by atoms with Gasteiger partial charge in [-0.1, -0.05) is 6.92 Å². The minimum Gasteiger partial charge on any atom is -0.378 e. The van der Waals surface area contributed by atoms with Crippen LogP contribution in [0.15, 0.2) is 0 Å². The van der Waals surface area contributed by atoms with Gasteiger partial charge in [0.05, 0.1) is 13.2 Å². The average molecular weight is 201 g/mol. The molecule has 0 spiro atoms. The van der Waals surface area contributed by atoms with Gasteiger partial charge in [-0.25, -0.2) is 0 Å². The van der Waals surface area contributed by atoms with E-state index in [0.29, 0.717) is 18.0 Å². The molecule has 3 heteroatoms. The van der Waals surface area contributed by atoms with Gasteiger partial charge in [0, 0.05) is 18.6 Å². The molecule has 0 radical (unpaired) electrons. The third kappa shape index (κ3) is 2.03. The smallest absolute Gasteiger partial charge is 0.0622 e. The molecular formula is C10H19NOS. The normalized spacial score (nSPS) is 36.5. The van der Waals surface area contributed by atoms with Crippen LogP contribution in [0.4, 0.5) is 0 Å². The zero-order valence-corrected chi connectivity index (χ0v) is 9.17. The van der Waals surface area contributed by atoms with E-state index in [1.807, 2.05) is 0 Å². The van der Waals surface area contributed by atoms with Crippen LogP contribution in [-0.2, 0) is 4.74 Å². The van der Waals surface area contributed by atoms with Crippen molar-refractivity contribution in [2.75, 3.05) is 25.5 Å². The first-order valence-electron chi connectivity index (χ1n) is 5.25. The van der Waals surface area contributed by atoms with E-state index >= 15 is 0 Å². The molecule has 2 saturated heterocycles. The van der Waals surface area contributed by atoms with Crippen LogP contribution in [0.1, 0.15) is 19.8 Å². The molecule has 2 rings (SSSR count). The maximum Gasteiger partial charge on any atom is 0.0622 e. The third-order valence-electron chi connectivity index (χ3n) is 3.23. The molecule has 0 aromatic heterocycles. The molecule has 0 amide bonds. The topological polar surface area (TPSA) is 12.5 Å². The molecule has 76 valence electrons. The van der Waals surface area contributed by atoms with Crippen molar-refractivity contribution in [3.05, 3.63) is 0 Å². The van der Waals surface area contributed by atoms with Crippen molar-refractivity contribution in [3.8, 4) is 0 Å². The van der Waals surface area contributed by atoms with E-state index < -0.39 is 0 Å². The summed E-state index contributed by atoms with van der Waals surface area (Å²) in [6.07, 6.45) is 2.67. The summed E-state index contributed by atoms with van der Waals surface area (Å²) in [6, 6.07) is 1.42. The van der Waals surface area contributed by atoms with Crippen LogP contribution < -0.4 is 0 Å². The Bertz CT molecular complexity index is 160. The number of nitrogens with zero attached hydrogens (tertiary/aromatic N) is 1. The zero-order chi connectivity index (χ0) is 9.26. The highest BCUT2D eigenvalue weighted by Crippen LogP contribution is 2.29. The lowest BCUT2D eigenvalue weighted by Gasteiger charge is -2.36. The van der Waals surface area contributed by atoms with E-state index in [0.717, 1.165) is 19.0 Å². The average Bonchev–Trinajstić information content (AvgIpc) is 2.41. The maximum absolute atomic E-state index is 5.54. The van der Waals surface area contributed by atoms with E-state index in [4.69, 9.17) is 4.74 Å². The van der Waals surface area contributed by atoms with E-state index in [1.54, 1.807) is 0 Å². The number of fused-ring (bicyclic) bond motifs is 2. The second-order valence-corrected chi connectivity index (χ2v) is 4.77. The Balaban J connectivity index is 1.91. The van der Waals surface area contributed by atoms with Gasteiger partial charge in [0.2, 0.25) is 0 Å². The van der Waals surface area contributed by atoms with Crippen LogP contribution in [0.3, 0.4) is 0 Å². The van der Waals surface area contributed by atoms with Crippen LogP contribution in [0.5, 0.6) is 0 Å². The number of ether oxygens (including phenoxy) is 1. The molecule has 3 unspecified atom stereocenters. The highest BCUT2D eigenvalue weighted by atomic mass is 32.1. The Morgan fingerprint density at radius 2 is 2.00 bits per heavy atom. The van der Waals surface area contributed by atoms with Gasteiger partial charge >= 0.3 is 0 Å². The van der Waals surface area contributed by atoms with Gasteiger partial charge in [0.1, 0.15) is 0 Å². The molecule has 2 bridgehead atoms. The summed E-state index contributed by atoms with van der Waals surface area (Å²) < 4.78 is 5.54. The zero-order valence-electron chi connectivity index (χ0n) is 8.28. The van der Waals surface area contributed by atoms with E-state index in [1.165, 1.54) is 19.4 Å². The molecule has 13 heavy (non-hydrogen) atoms. The van der Waals surface area contributed by atoms with Crippen molar-refractivity contribution in [1.29, 1.82) is 0 Å². The lowest BCUT2D eigenvalue weighted by molar-refractivity contribution is -0.0190. The molecule has 0 aliphatic carbocycles. The number of hydrogen-bond acceptors (Lipinski definition) is 3. The SMILES string of the molecule is CC(CS)CN1C2CCC1COC2. The Labute approximate surface area is 86.0 Å². The van der Waals surface area contributed by atoms with E-state index in [9.17, 15) is 0 Å². The van der Waals surface area contributed by atoms with Gasteiger partial charge in [-0.05, 0) is 24.5 Å². The largest absolute Gasteiger partial charge is 0.378 e. The van der Waals surface area contributed by atoms with Gasteiger partial charge in [-0.15, -0.1) is 0 Å². The lowest BCUT2D eigenvalue weighted by Crippen LogP contribution is -2.47. The molecule has 0 saturated carbocycles. The third-order valence-corrected chi connectivity index (χ3v) is 3.85. The molecule has 2 fully saturated rings. The van der Waals surface area contributed by atoms with Gasteiger partial charge < -0.3 is 4.74 Å². The molecule has 2 heterocycles. The van der Waals surface area contributed by atoms with Crippen molar-refractivity contribution < 1.29 is 4.74 Å². The van der Waals surface area contributed by atoms with Crippen molar-refractivity contribution in [3.63, 3.8) is 0 Å². The highest BCUT2D eigenvalue weighted by molar-refractivity contribution is 7.80. The Kier molecular flexibility index (Phi) is 3.17. The number of hydrogen-bond donors (Lipinski definition) is 1. The van der Waals surface area contributed by atoms with E-state index in [2.05, 4.69) is 24.5 Å². The van der Waals surface area contributed by atoms with Gasteiger partial charge in [0.25, 0.3) is 0 Å². The first-order valence-corrected chi connectivity index (χ1v) is 5.89. The Hall–Kier alpha value is 0.270. The van der Waals surface area contributed by atoms with Crippen LogP contribution in [-0.4, -0.2) is 42.5 Å². The second kappa shape index (κ2) is 4.20. The van der Waals surface area contributed by atoms with Crippen molar-refractivity contribution in [2.24, 2.45) is 5.92 Å². The summed E-state index contributed by atoms with van der Waals surface area (Å²) in [7, 11) is 0. The fourth-order valence-corrected chi connectivity index (χ4v) is 2.54. The lowest BCUT2D eigenvalue weighted by atomic mass is 10.1.